The molecule has 0 aliphatic heterocycles. The molecule has 0 aromatic heterocycles. The largest absolute Gasteiger partial charge is 0.808 e. The van der Waals surface area contributed by atoms with Crippen molar-refractivity contribution in [1.29, 1.82) is 0 Å². The van der Waals surface area contributed by atoms with Gasteiger partial charge in [0.25, 0.3) is 0 Å². The molecule has 0 amide bonds. The smallest absolute Gasteiger partial charge is 0.0256 e. The molecular formula is C8H7O3P-2. The number of hydrogen-bond acceptors (Lipinski definition) is 3. The van der Waals surface area contributed by atoms with E-state index in [0.29, 0.717) is 11.4 Å². The van der Waals surface area contributed by atoms with E-state index in [1.807, 2.05) is 6.07 Å². The first kappa shape index (κ1) is 9.20. The fraction of sp³-hybridized carbons (Fsp3) is 0. The summed E-state index contributed by atoms with van der Waals surface area (Å²) in [7, 11) is -4.51. The molecule has 64 valence electrons. The first-order valence-corrected chi connectivity index (χ1v) is 4.95. The van der Waals surface area contributed by atoms with E-state index in [0.717, 1.165) is 0 Å². The highest BCUT2D eigenvalue weighted by Crippen LogP contribution is 2.25. The van der Waals surface area contributed by atoms with Crippen molar-refractivity contribution >= 4 is 13.7 Å². The van der Waals surface area contributed by atoms with Crippen molar-refractivity contribution < 1.29 is 14.4 Å². The Balaban J connectivity index is 2.78. The maximum absolute atomic E-state index is 10.2. The van der Waals surface area contributed by atoms with Gasteiger partial charge in [0.15, 0.2) is 0 Å². The lowest BCUT2D eigenvalue weighted by Gasteiger charge is -2.24. The van der Waals surface area contributed by atoms with Gasteiger partial charge >= 0.3 is 0 Å². The van der Waals surface area contributed by atoms with Crippen LogP contribution in [0.5, 0.6) is 0 Å². The molecule has 1 aromatic carbocycles. The van der Waals surface area contributed by atoms with Crippen LogP contribution in [0.4, 0.5) is 0 Å². The van der Waals surface area contributed by atoms with E-state index in [2.05, 4.69) is 0 Å². The number of hydrogen-bond donors (Lipinski definition) is 0. The van der Waals surface area contributed by atoms with Crippen LogP contribution in [-0.4, -0.2) is 0 Å². The number of benzene rings is 1. The number of rotatable bonds is 2. The maximum Gasteiger partial charge on any atom is -0.0256 e. The monoisotopic (exact) mass is 182 g/mol. The van der Waals surface area contributed by atoms with Crippen LogP contribution in [0.25, 0.3) is 6.08 Å². The fourth-order valence-corrected chi connectivity index (χ4v) is 1.10. The first-order valence-electron chi connectivity index (χ1n) is 3.34. The molecule has 3 nitrogen and oxygen atoms in total. The van der Waals surface area contributed by atoms with E-state index in [-0.39, 0.29) is 0 Å². The summed E-state index contributed by atoms with van der Waals surface area (Å²) in [5.41, 5.74) is 0.699. The molecule has 0 saturated heterocycles. The average molecular weight is 182 g/mol. The van der Waals surface area contributed by atoms with Crippen LogP contribution in [0.15, 0.2) is 36.1 Å². The summed E-state index contributed by atoms with van der Waals surface area (Å²) >= 11 is 0. The third-order valence-electron chi connectivity index (χ3n) is 1.25. The lowest BCUT2D eigenvalue weighted by Crippen LogP contribution is -2.10. The van der Waals surface area contributed by atoms with Crippen molar-refractivity contribution in [3.63, 3.8) is 0 Å². The van der Waals surface area contributed by atoms with Crippen LogP contribution in [-0.2, 0) is 4.57 Å². The summed E-state index contributed by atoms with van der Waals surface area (Å²) < 4.78 is 10.2. The first-order chi connectivity index (χ1) is 5.58. The second-order valence-corrected chi connectivity index (χ2v) is 3.64. The van der Waals surface area contributed by atoms with Gasteiger partial charge in [-0.05, 0) is 13.2 Å². The summed E-state index contributed by atoms with van der Waals surface area (Å²) in [6.45, 7) is 0. The summed E-state index contributed by atoms with van der Waals surface area (Å²) in [5.74, 6) is 0.669. The molecule has 4 heteroatoms. The van der Waals surface area contributed by atoms with Crippen molar-refractivity contribution in [2.45, 2.75) is 0 Å². The molecule has 1 rings (SSSR count). The Kier molecular flexibility index (Phi) is 2.82. The molecule has 0 spiro atoms. The third kappa shape index (κ3) is 3.49. The zero-order chi connectivity index (χ0) is 9.03. The minimum Gasteiger partial charge on any atom is -0.808 e. The molecule has 0 radical (unpaired) electrons. The highest BCUT2D eigenvalue weighted by atomic mass is 31.2. The normalized spacial score (nSPS) is 12.2. The van der Waals surface area contributed by atoms with E-state index >= 15 is 0 Å². The Bertz CT molecular complexity index is 312. The minimum atomic E-state index is -4.51. The van der Waals surface area contributed by atoms with E-state index < -0.39 is 7.60 Å². The standard InChI is InChI=1S/C8H9O3P/c9-12(10,11)7-6-8-4-2-1-3-5-8/h1-7H,(H2,9,10,11)/p-2. The molecule has 0 unspecified atom stereocenters. The molecule has 1 aromatic rings. The molecule has 0 bridgehead atoms. The predicted octanol–water partition coefficient (Wildman–Crippen LogP) is 0.571. The van der Waals surface area contributed by atoms with Gasteiger partial charge in [-0.1, -0.05) is 42.2 Å². The summed E-state index contributed by atoms with van der Waals surface area (Å²) in [4.78, 5) is 20.4. The highest BCUT2D eigenvalue weighted by Gasteiger charge is 1.83. The molecular weight excluding hydrogens is 175 g/mol. The van der Waals surface area contributed by atoms with Gasteiger partial charge in [-0.2, -0.15) is 0 Å². The predicted molar refractivity (Wildman–Crippen MR) is 43.1 cm³/mol. The molecule has 0 N–H and O–H groups in total. The Morgan fingerprint density at radius 3 is 2.25 bits per heavy atom. The Hall–Kier alpha value is -0.890. The second-order valence-electron chi connectivity index (χ2n) is 2.27. The van der Waals surface area contributed by atoms with Crippen LogP contribution in [0.3, 0.4) is 0 Å². The van der Waals surface area contributed by atoms with Crippen molar-refractivity contribution in [3.8, 4) is 0 Å². The van der Waals surface area contributed by atoms with Crippen LogP contribution >= 0.6 is 7.60 Å². The van der Waals surface area contributed by atoms with Gasteiger partial charge in [-0.15, -0.1) is 0 Å². The van der Waals surface area contributed by atoms with Crippen LogP contribution in [0.1, 0.15) is 5.56 Å². The minimum absolute atomic E-state index is 0.669. The molecule has 0 heterocycles. The van der Waals surface area contributed by atoms with Crippen molar-refractivity contribution in [2.75, 3.05) is 0 Å². The Morgan fingerprint density at radius 2 is 1.75 bits per heavy atom. The van der Waals surface area contributed by atoms with E-state index in [1.165, 1.54) is 6.08 Å². The van der Waals surface area contributed by atoms with E-state index in [9.17, 15) is 14.4 Å². The SMILES string of the molecule is O=P([O-])([O-])C=Cc1ccccc1. The van der Waals surface area contributed by atoms with Crippen LogP contribution in [0.2, 0.25) is 0 Å². The van der Waals surface area contributed by atoms with E-state index in [4.69, 9.17) is 0 Å². The van der Waals surface area contributed by atoms with Crippen molar-refractivity contribution in [3.05, 3.63) is 41.7 Å². The quantitative estimate of drug-likeness (QED) is 0.628. The molecule has 0 saturated carbocycles. The molecule has 0 fully saturated rings. The van der Waals surface area contributed by atoms with Gasteiger partial charge in [0.2, 0.25) is 0 Å². The Morgan fingerprint density at radius 1 is 1.17 bits per heavy atom. The van der Waals surface area contributed by atoms with Gasteiger partial charge < -0.3 is 14.4 Å². The highest BCUT2D eigenvalue weighted by molar-refractivity contribution is 7.52. The topological polar surface area (TPSA) is 63.2 Å². The molecule has 0 aliphatic carbocycles. The maximum atomic E-state index is 10.2. The van der Waals surface area contributed by atoms with Gasteiger partial charge in [-0.25, -0.2) is 0 Å². The van der Waals surface area contributed by atoms with Gasteiger partial charge in [0, 0.05) is 0 Å². The molecule has 12 heavy (non-hydrogen) atoms. The zero-order valence-electron chi connectivity index (χ0n) is 6.21. The summed E-state index contributed by atoms with van der Waals surface area (Å²) in [6, 6.07) is 8.77. The second kappa shape index (κ2) is 3.68. The zero-order valence-corrected chi connectivity index (χ0v) is 7.11. The molecule has 0 aliphatic rings. The van der Waals surface area contributed by atoms with Crippen molar-refractivity contribution in [1.82, 2.24) is 0 Å². The average Bonchev–Trinajstić information content (AvgIpc) is 2.02. The van der Waals surface area contributed by atoms with Gasteiger partial charge in [-0.3, -0.25) is 0 Å². The third-order valence-corrected chi connectivity index (χ3v) is 1.76. The van der Waals surface area contributed by atoms with Gasteiger partial charge in [0.1, 0.15) is 0 Å². The van der Waals surface area contributed by atoms with E-state index in [1.54, 1.807) is 24.3 Å². The van der Waals surface area contributed by atoms with Gasteiger partial charge in [0.05, 0.1) is 0 Å². The molecule has 0 atom stereocenters. The lowest BCUT2D eigenvalue weighted by atomic mass is 10.2. The summed E-state index contributed by atoms with van der Waals surface area (Å²) in [6.07, 6.45) is 1.28. The fourth-order valence-electron chi connectivity index (χ4n) is 0.742. The lowest BCUT2D eigenvalue weighted by molar-refractivity contribution is -0.308. The Labute approximate surface area is 70.5 Å². The van der Waals surface area contributed by atoms with Crippen LogP contribution < -0.4 is 9.79 Å². The van der Waals surface area contributed by atoms with Crippen molar-refractivity contribution in [2.24, 2.45) is 0 Å². The summed E-state index contributed by atoms with van der Waals surface area (Å²) in [5, 5.41) is 0. The van der Waals surface area contributed by atoms with Crippen LogP contribution in [0, 0.1) is 0 Å².